The topological polar surface area (TPSA) is 51.5 Å². The van der Waals surface area contributed by atoms with Crippen LogP contribution in [-0.2, 0) is 15.3 Å². The van der Waals surface area contributed by atoms with Gasteiger partial charge in [-0.3, -0.25) is 10.1 Å². The average Bonchev–Trinajstić information content (AvgIpc) is 3.06. The van der Waals surface area contributed by atoms with Crippen LogP contribution in [0, 0.1) is 0 Å². The molecule has 106 valence electrons. The summed E-state index contributed by atoms with van der Waals surface area (Å²) in [6, 6.07) is 4.34. The van der Waals surface area contributed by atoms with Crippen LogP contribution < -0.4 is 5.32 Å². The number of carbonyl (C=O) groups excluding carboxylic acids is 1. The normalized spacial score (nSPS) is 18.0. The van der Waals surface area contributed by atoms with E-state index in [9.17, 15) is 4.79 Å². The lowest BCUT2D eigenvalue weighted by Crippen LogP contribution is -2.51. The van der Waals surface area contributed by atoms with Crippen molar-refractivity contribution in [2.24, 2.45) is 0 Å². The van der Waals surface area contributed by atoms with Gasteiger partial charge in [0.1, 0.15) is 11.3 Å². The van der Waals surface area contributed by atoms with Gasteiger partial charge in [-0.1, -0.05) is 0 Å². The van der Waals surface area contributed by atoms with Crippen LogP contribution in [0.2, 0.25) is 0 Å². The van der Waals surface area contributed by atoms with Gasteiger partial charge in [0, 0.05) is 6.04 Å². The lowest BCUT2D eigenvalue weighted by molar-refractivity contribution is -0.148. The van der Waals surface area contributed by atoms with Gasteiger partial charge in [-0.25, -0.2) is 0 Å². The molecule has 0 aromatic carbocycles. The van der Waals surface area contributed by atoms with Gasteiger partial charge >= 0.3 is 5.97 Å². The van der Waals surface area contributed by atoms with Crippen LogP contribution >= 0.6 is 11.8 Å². The van der Waals surface area contributed by atoms with Crippen LogP contribution in [0.4, 0.5) is 0 Å². The van der Waals surface area contributed by atoms with Crippen LogP contribution in [-0.4, -0.2) is 30.4 Å². The first kappa shape index (κ1) is 14.5. The Hall–Kier alpha value is -0.940. The third-order valence-electron chi connectivity index (χ3n) is 3.31. The summed E-state index contributed by atoms with van der Waals surface area (Å²) in [5, 5.41) is 3.40. The Balaban J connectivity index is 1.77. The molecule has 1 aromatic heterocycles. The van der Waals surface area contributed by atoms with Crippen molar-refractivity contribution in [1.29, 1.82) is 0 Å². The summed E-state index contributed by atoms with van der Waals surface area (Å²) in [5.74, 6) is 2.54. The number of nitrogens with one attached hydrogen (secondary N) is 1. The highest BCUT2D eigenvalue weighted by molar-refractivity contribution is 7.98. The highest BCUT2D eigenvalue weighted by atomic mass is 32.2. The molecule has 1 atom stereocenters. The molecule has 19 heavy (non-hydrogen) atoms. The molecule has 1 aliphatic rings. The fourth-order valence-corrected chi connectivity index (χ4v) is 3.04. The van der Waals surface area contributed by atoms with E-state index in [2.05, 4.69) is 5.32 Å². The van der Waals surface area contributed by atoms with Crippen molar-refractivity contribution in [1.82, 2.24) is 5.32 Å². The molecule has 1 heterocycles. The molecular weight excluding hydrogens is 262 g/mol. The Morgan fingerprint density at radius 3 is 3.00 bits per heavy atom. The minimum absolute atomic E-state index is 0.169. The molecule has 1 fully saturated rings. The van der Waals surface area contributed by atoms with E-state index in [0.29, 0.717) is 6.04 Å². The van der Waals surface area contributed by atoms with Crippen LogP contribution in [0.3, 0.4) is 0 Å². The van der Waals surface area contributed by atoms with Crippen molar-refractivity contribution in [2.45, 2.75) is 43.5 Å². The molecule has 1 saturated carbocycles. The Labute approximate surface area is 118 Å². The van der Waals surface area contributed by atoms with Crippen LogP contribution in [0.15, 0.2) is 22.8 Å². The second kappa shape index (κ2) is 6.48. The summed E-state index contributed by atoms with van der Waals surface area (Å²) >= 11 is 1.77. The summed E-state index contributed by atoms with van der Waals surface area (Å²) in [6.45, 7) is 1.94. The van der Waals surface area contributed by atoms with Gasteiger partial charge in [0.15, 0.2) is 0 Å². The smallest absolute Gasteiger partial charge is 0.325 e. The van der Waals surface area contributed by atoms with Gasteiger partial charge in [-0.05, 0) is 44.1 Å². The second-order valence-electron chi connectivity index (χ2n) is 5.12. The fraction of sp³-hybridized carbons (Fsp3) is 0.643. The number of esters is 1. The van der Waals surface area contributed by atoms with Crippen LogP contribution in [0.25, 0.3) is 0 Å². The van der Waals surface area contributed by atoms with E-state index in [4.69, 9.17) is 9.15 Å². The molecule has 4 nitrogen and oxygen atoms in total. The van der Waals surface area contributed by atoms with Crippen molar-refractivity contribution in [2.75, 3.05) is 12.9 Å². The standard InChI is InChI=1S/C14H21NO3S/c1-14(13(16)17-2,15-11-5-6-11)7-9-19-10-12-4-3-8-18-12/h3-4,8,11,15H,5-7,9-10H2,1-2H3. The predicted molar refractivity (Wildman–Crippen MR) is 76.1 cm³/mol. The highest BCUT2D eigenvalue weighted by Crippen LogP contribution is 2.26. The van der Waals surface area contributed by atoms with E-state index in [-0.39, 0.29) is 5.97 Å². The van der Waals surface area contributed by atoms with E-state index in [1.165, 1.54) is 7.11 Å². The third-order valence-corrected chi connectivity index (χ3v) is 4.29. The molecule has 1 aliphatic carbocycles. The van der Waals surface area contributed by atoms with E-state index in [1.807, 2.05) is 19.1 Å². The largest absolute Gasteiger partial charge is 0.468 e. The Kier molecular flexibility index (Phi) is 4.93. The number of carbonyl (C=O) groups is 1. The summed E-state index contributed by atoms with van der Waals surface area (Å²) in [7, 11) is 1.45. The van der Waals surface area contributed by atoms with Gasteiger partial charge in [-0.15, -0.1) is 0 Å². The van der Waals surface area contributed by atoms with Crippen molar-refractivity contribution in [3.05, 3.63) is 24.2 Å². The molecule has 0 amide bonds. The first-order chi connectivity index (χ1) is 9.14. The van der Waals surface area contributed by atoms with E-state index in [0.717, 1.165) is 36.5 Å². The Morgan fingerprint density at radius 1 is 1.63 bits per heavy atom. The molecular formula is C14H21NO3S. The van der Waals surface area contributed by atoms with Crippen molar-refractivity contribution in [3.63, 3.8) is 0 Å². The molecule has 1 unspecified atom stereocenters. The number of thioether (sulfide) groups is 1. The van der Waals surface area contributed by atoms with Crippen molar-refractivity contribution in [3.8, 4) is 0 Å². The number of methoxy groups -OCH3 is 1. The molecule has 1 N–H and O–H groups in total. The number of rotatable bonds is 8. The number of ether oxygens (including phenoxy) is 1. The molecule has 1 aromatic rings. The summed E-state index contributed by atoms with van der Waals surface area (Å²) in [5.41, 5.74) is -0.563. The van der Waals surface area contributed by atoms with Crippen molar-refractivity contribution < 1.29 is 13.9 Å². The SMILES string of the molecule is COC(=O)C(C)(CCSCc1ccco1)NC1CC1. The van der Waals surface area contributed by atoms with Gasteiger partial charge in [0.05, 0.1) is 19.1 Å². The van der Waals surface area contributed by atoms with Crippen molar-refractivity contribution >= 4 is 17.7 Å². The van der Waals surface area contributed by atoms with E-state index in [1.54, 1.807) is 18.0 Å². The summed E-state index contributed by atoms with van der Waals surface area (Å²) in [4.78, 5) is 11.9. The maximum atomic E-state index is 11.9. The molecule has 0 radical (unpaired) electrons. The number of furan rings is 1. The molecule has 2 rings (SSSR count). The fourth-order valence-electron chi connectivity index (χ4n) is 1.98. The highest BCUT2D eigenvalue weighted by Gasteiger charge is 2.38. The zero-order chi connectivity index (χ0) is 13.7. The predicted octanol–water partition coefficient (Wildman–Crippen LogP) is 2.59. The van der Waals surface area contributed by atoms with Crippen LogP contribution in [0.5, 0.6) is 0 Å². The zero-order valence-corrected chi connectivity index (χ0v) is 12.3. The maximum Gasteiger partial charge on any atom is 0.325 e. The number of hydrogen-bond acceptors (Lipinski definition) is 5. The second-order valence-corrected chi connectivity index (χ2v) is 6.23. The lowest BCUT2D eigenvalue weighted by Gasteiger charge is -2.28. The van der Waals surface area contributed by atoms with E-state index >= 15 is 0 Å². The quantitative estimate of drug-likeness (QED) is 0.587. The minimum atomic E-state index is -0.563. The average molecular weight is 283 g/mol. The monoisotopic (exact) mass is 283 g/mol. The Bertz CT molecular complexity index is 403. The molecule has 0 bridgehead atoms. The molecule has 0 aliphatic heterocycles. The Morgan fingerprint density at radius 2 is 2.42 bits per heavy atom. The lowest BCUT2D eigenvalue weighted by atomic mass is 9.99. The third kappa shape index (κ3) is 4.28. The summed E-state index contributed by atoms with van der Waals surface area (Å²) < 4.78 is 10.2. The first-order valence-electron chi connectivity index (χ1n) is 6.60. The molecule has 0 saturated heterocycles. The first-order valence-corrected chi connectivity index (χ1v) is 7.76. The van der Waals surface area contributed by atoms with Gasteiger partial charge in [-0.2, -0.15) is 11.8 Å². The van der Waals surface area contributed by atoms with Gasteiger partial charge in [0.2, 0.25) is 0 Å². The summed E-state index contributed by atoms with van der Waals surface area (Å²) in [6.07, 6.45) is 4.77. The van der Waals surface area contributed by atoms with Gasteiger partial charge in [0.25, 0.3) is 0 Å². The zero-order valence-electron chi connectivity index (χ0n) is 11.5. The van der Waals surface area contributed by atoms with E-state index < -0.39 is 5.54 Å². The van der Waals surface area contributed by atoms with Gasteiger partial charge < -0.3 is 9.15 Å². The molecule has 0 spiro atoms. The minimum Gasteiger partial charge on any atom is -0.468 e. The van der Waals surface area contributed by atoms with Crippen LogP contribution in [0.1, 0.15) is 31.9 Å². The molecule has 5 heteroatoms. The maximum absolute atomic E-state index is 11.9. The number of hydrogen-bond donors (Lipinski definition) is 1.